The predicted molar refractivity (Wildman–Crippen MR) is 76.2 cm³/mol. The summed E-state index contributed by atoms with van der Waals surface area (Å²) in [6, 6.07) is 7.17. The van der Waals surface area contributed by atoms with Gasteiger partial charge in [0.15, 0.2) is 6.61 Å². The van der Waals surface area contributed by atoms with Crippen LogP contribution in [0.4, 0.5) is 10.5 Å². The molecule has 3 amide bonds. The molecule has 0 radical (unpaired) electrons. The van der Waals surface area contributed by atoms with Gasteiger partial charge in [-0.15, -0.1) is 0 Å². The van der Waals surface area contributed by atoms with Crippen LogP contribution >= 0.6 is 0 Å². The van der Waals surface area contributed by atoms with E-state index in [2.05, 4.69) is 10.1 Å². The molecule has 1 heterocycles. The lowest BCUT2D eigenvalue weighted by Crippen LogP contribution is -2.37. The summed E-state index contributed by atoms with van der Waals surface area (Å²) in [6.07, 6.45) is -0.663. The van der Waals surface area contributed by atoms with Crippen molar-refractivity contribution in [2.24, 2.45) is 0 Å². The van der Waals surface area contributed by atoms with Gasteiger partial charge in [0.2, 0.25) is 0 Å². The topological polar surface area (TPSA) is 79.0 Å². The normalized spacial score (nSPS) is 14.1. The van der Waals surface area contributed by atoms with Gasteiger partial charge >= 0.3 is 6.09 Å². The summed E-state index contributed by atoms with van der Waals surface area (Å²) in [5.74, 6) is -0.637. The van der Waals surface area contributed by atoms with Gasteiger partial charge in [0.05, 0.1) is 0 Å². The van der Waals surface area contributed by atoms with Crippen LogP contribution in [0.15, 0.2) is 24.3 Å². The Morgan fingerprint density at radius 3 is 2.76 bits per heavy atom. The summed E-state index contributed by atoms with van der Waals surface area (Å²) < 4.78 is 4.58. The largest absolute Gasteiger partial charge is 0.439 e. The summed E-state index contributed by atoms with van der Waals surface area (Å²) in [5, 5.41) is 2.67. The zero-order chi connectivity index (χ0) is 15.4. The van der Waals surface area contributed by atoms with Crippen LogP contribution in [0.1, 0.15) is 10.4 Å². The molecule has 112 valence electrons. The first-order valence-electron chi connectivity index (χ1n) is 6.52. The van der Waals surface area contributed by atoms with E-state index in [1.807, 2.05) is 25.1 Å². The van der Waals surface area contributed by atoms with Crippen LogP contribution in [-0.2, 0) is 9.53 Å². The summed E-state index contributed by atoms with van der Waals surface area (Å²) in [7, 11) is 3.78. The van der Waals surface area contributed by atoms with Gasteiger partial charge < -0.3 is 15.0 Å². The molecule has 0 aromatic heterocycles. The van der Waals surface area contributed by atoms with Gasteiger partial charge in [0, 0.05) is 38.4 Å². The third-order valence-electron chi connectivity index (χ3n) is 3.09. The first-order valence-corrected chi connectivity index (χ1v) is 6.52. The molecule has 0 bridgehead atoms. The first kappa shape index (κ1) is 14.8. The van der Waals surface area contributed by atoms with Crippen LogP contribution in [0.3, 0.4) is 0 Å². The minimum absolute atomic E-state index is 0.108. The standard InChI is InChI=1S/C14H17N3O4/c1-16(2)11-5-3-4-10(8-11)13(19)15-6-7-17-12(18)9-21-14(17)20/h3-5,8H,6-7,9H2,1-2H3,(H,15,19). The molecular formula is C14H17N3O4. The molecule has 0 atom stereocenters. The zero-order valence-corrected chi connectivity index (χ0v) is 12.0. The number of carbonyl (C=O) groups is 3. The van der Waals surface area contributed by atoms with Crippen molar-refractivity contribution in [2.75, 3.05) is 38.7 Å². The van der Waals surface area contributed by atoms with Crippen molar-refractivity contribution >= 4 is 23.6 Å². The van der Waals surface area contributed by atoms with Crippen molar-refractivity contribution in [2.45, 2.75) is 0 Å². The van der Waals surface area contributed by atoms with E-state index in [0.29, 0.717) is 5.56 Å². The fourth-order valence-corrected chi connectivity index (χ4v) is 1.91. The summed E-state index contributed by atoms with van der Waals surface area (Å²) in [5.41, 5.74) is 1.44. The molecule has 1 N–H and O–H groups in total. The minimum Gasteiger partial charge on any atom is -0.439 e. The SMILES string of the molecule is CN(C)c1cccc(C(=O)NCCN2C(=O)COC2=O)c1. The fourth-order valence-electron chi connectivity index (χ4n) is 1.91. The number of ether oxygens (including phenoxy) is 1. The van der Waals surface area contributed by atoms with E-state index < -0.39 is 6.09 Å². The lowest BCUT2D eigenvalue weighted by molar-refractivity contribution is -0.125. The number of carbonyl (C=O) groups excluding carboxylic acids is 3. The highest BCUT2D eigenvalue weighted by atomic mass is 16.6. The molecule has 7 heteroatoms. The second-order valence-electron chi connectivity index (χ2n) is 4.80. The molecule has 21 heavy (non-hydrogen) atoms. The van der Waals surface area contributed by atoms with Crippen molar-refractivity contribution in [3.8, 4) is 0 Å². The van der Waals surface area contributed by atoms with Crippen LogP contribution < -0.4 is 10.2 Å². The molecule has 1 aromatic carbocycles. The van der Waals surface area contributed by atoms with E-state index in [1.165, 1.54) is 0 Å². The Balaban J connectivity index is 1.89. The van der Waals surface area contributed by atoms with Gasteiger partial charge in [-0.05, 0) is 18.2 Å². The second kappa shape index (κ2) is 6.25. The van der Waals surface area contributed by atoms with Gasteiger partial charge in [0.1, 0.15) is 0 Å². The highest BCUT2D eigenvalue weighted by Gasteiger charge is 2.30. The Hall–Kier alpha value is -2.57. The van der Waals surface area contributed by atoms with Crippen molar-refractivity contribution < 1.29 is 19.1 Å². The van der Waals surface area contributed by atoms with Crippen molar-refractivity contribution in [1.82, 2.24) is 10.2 Å². The van der Waals surface area contributed by atoms with Crippen LogP contribution in [-0.4, -0.2) is 56.6 Å². The third kappa shape index (κ3) is 3.50. The molecule has 1 aromatic rings. The second-order valence-corrected chi connectivity index (χ2v) is 4.80. The van der Waals surface area contributed by atoms with E-state index in [-0.39, 0.29) is 31.5 Å². The maximum absolute atomic E-state index is 12.0. The van der Waals surface area contributed by atoms with Gasteiger partial charge in [-0.25, -0.2) is 9.69 Å². The molecule has 0 unspecified atom stereocenters. The predicted octanol–water partition coefficient (Wildman–Crippen LogP) is 0.461. The minimum atomic E-state index is -0.663. The third-order valence-corrected chi connectivity index (χ3v) is 3.09. The molecular weight excluding hydrogens is 274 g/mol. The zero-order valence-electron chi connectivity index (χ0n) is 12.0. The molecule has 1 fully saturated rings. The number of hydrogen-bond acceptors (Lipinski definition) is 5. The maximum Gasteiger partial charge on any atom is 0.417 e. The Morgan fingerprint density at radius 2 is 2.14 bits per heavy atom. The number of hydrogen-bond donors (Lipinski definition) is 1. The average molecular weight is 291 g/mol. The molecule has 0 aliphatic carbocycles. The molecule has 7 nitrogen and oxygen atoms in total. The van der Waals surface area contributed by atoms with E-state index in [9.17, 15) is 14.4 Å². The average Bonchev–Trinajstić information content (AvgIpc) is 2.79. The first-order chi connectivity index (χ1) is 9.99. The lowest BCUT2D eigenvalue weighted by Gasteiger charge is -2.14. The quantitative estimate of drug-likeness (QED) is 0.852. The van der Waals surface area contributed by atoms with Crippen LogP contribution in [0.2, 0.25) is 0 Å². The highest BCUT2D eigenvalue weighted by molar-refractivity contribution is 5.98. The Bertz CT molecular complexity index is 555. The molecule has 0 spiro atoms. The summed E-state index contributed by atoms with van der Waals surface area (Å²) in [6.45, 7) is 0.0697. The highest BCUT2D eigenvalue weighted by Crippen LogP contribution is 2.13. The summed E-state index contributed by atoms with van der Waals surface area (Å²) >= 11 is 0. The molecule has 2 rings (SSSR count). The number of cyclic esters (lactones) is 1. The van der Waals surface area contributed by atoms with E-state index >= 15 is 0 Å². The number of imide groups is 1. The number of benzene rings is 1. The Morgan fingerprint density at radius 1 is 1.38 bits per heavy atom. The fraction of sp³-hybridized carbons (Fsp3) is 0.357. The van der Waals surface area contributed by atoms with Crippen LogP contribution in [0.5, 0.6) is 0 Å². The number of rotatable bonds is 5. The number of anilines is 1. The molecule has 1 aliphatic heterocycles. The van der Waals surface area contributed by atoms with Gasteiger partial charge in [-0.2, -0.15) is 0 Å². The molecule has 1 saturated heterocycles. The monoisotopic (exact) mass is 291 g/mol. The smallest absolute Gasteiger partial charge is 0.417 e. The summed E-state index contributed by atoms with van der Waals surface area (Å²) in [4.78, 5) is 37.4. The van der Waals surface area contributed by atoms with Crippen molar-refractivity contribution in [3.05, 3.63) is 29.8 Å². The van der Waals surface area contributed by atoms with Crippen molar-refractivity contribution in [3.63, 3.8) is 0 Å². The number of nitrogens with one attached hydrogen (secondary N) is 1. The van der Waals surface area contributed by atoms with E-state index in [1.54, 1.807) is 18.2 Å². The molecule has 0 saturated carbocycles. The maximum atomic E-state index is 12.0. The number of amides is 3. The van der Waals surface area contributed by atoms with Gasteiger partial charge in [-0.3, -0.25) is 9.59 Å². The Labute approximate surface area is 122 Å². The Kier molecular flexibility index (Phi) is 4.42. The lowest BCUT2D eigenvalue weighted by atomic mass is 10.2. The molecule has 1 aliphatic rings. The van der Waals surface area contributed by atoms with Crippen LogP contribution in [0, 0.1) is 0 Å². The van der Waals surface area contributed by atoms with Gasteiger partial charge in [-0.1, -0.05) is 6.07 Å². The number of nitrogens with zero attached hydrogens (tertiary/aromatic N) is 2. The van der Waals surface area contributed by atoms with E-state index in [0.717, 1.165) is 10.6 Å². The van der Waals surface area contributed by atoms with Crippen LogP contribution in [0.25, 0.3) is 0 Å². The van der Waals surface area contributed by atoms with Gasteiger partial charge in [0.25, 0.3) is 11.8 Å². The van der Waals surface area contributed by atoms with Crippen molar-refractivity contribution in [1.29, 1.82) is 0 Å². The van der Waals surface area contributed by atoms with E-state index in [4.69, 9.17) is 0 Å².